The monoisotopic (exact) mass is 929 g/mol. The van der Waals surface area contributed by atoms with Crippen molar-refractivity contribution in [3.05, 3.63) is 150 Å². The number of aromatic nitrogens is 5. The van der Waals surface area contributed by atoms with E-state index in [1.54, 1.807) is 28.4 Å². The molecule has 11 heteroatoms. The Labute approximate surface area is 407 Å². The van der Waals surface area contributed by atoms with E-state index in [4.69, 9.17) is 33.9 Å². The third-order valence-corrected chi connectivity index (χ3v) is 13.2. The SMILES string of the molecule is COc1cccc(-c2c3nc(c(-c4cccc(OC)c4)c4ccc(c(-c5cccc(OC)c5)c5nc(c(-c6cccc(OC)c6)c6ccc2[nH]6)-c2nc(CCCCO)c(CCCO)cc2-5)n4C)C=C3)c1. The number of hydrogen-bond acceptors (Lipinski definition) is 9. The molecule has 0 amide bonds. The average molecular weight is 930 g/mol. The zero-order valence-corrected chi connectivity index (χ0v) is 40.0. The Bertz CT molecular complexity index is 3480. The first-order valence-corrected chi connectivity index (χ1v) is 23.6. The third-order valence-electron chi connectivity index (χ3n) is 13.2. The van der Waals surface area contributed by atoms with Crippen LogP contribution in [0.2, 0.25) is 0 Å². The van der Waals surface area contributed by atoms with Crippen molar-refractivity contribution in [1.82, 2.24) is 24.5 Å². The van der Waals surface area contributed by atoms with E-state index in [9.17, 15) is 10.2 Å². The van der Waals surface area contributed by atoms with Gasteiger partial charge in [0.05, 0.1) is 67.9 Å². The number of aliphatic hydroxyl groups excluding tert-OH is 2. The Kier molecular flexibility index (Phi) is 13.0. The van der Waals surface area contributed by atoms with Crippen molar-refractivity contribution in [2.75, 3.05) is 41.7 Å². The lowest BCUT2D eigenvalue weighted by Crippen LogP contribution is -2.03. The van der Waals surface area contributed by atoms with Crippen LogP contribution in [0.1, 0.15) is 41.9 Å². The molecular weight excluding hydrogens is 875 g/mol. The number of nitrogens with one attached hydrogen (secondary N) is 1. The summed E-state index contributed by atoms with van der Waals surface area (Å²) >= 11 is 0. The summed E-state index contributed by atoms with van der Waals surface area (Å²) in [5.41, 5.74) is 17.2. The van der Waals surface area contributed by atoms with Crippen LogP contribution in [0.5, 0.6) is 23.0 Å². The summed E-state index contributed by atoms with van der Waals surface area (Å²) in [6.45, 7) is 0.136. The van der Waals surface area contributed by atoms with Crippen LogP contribution in [0.15, 0.2) is 127 Å². The average Bonchev–Trinajstić information content (AvgIpc) is 4.22. The summed E-state index contributed by atoms with van der Waals surface area (Å²) in [5, 5.41) is 20.0. The number of benzene rings is 4. The molecule has 4 aromatic heterocycles. The van der Waals surface area contributed by atoms with Crippen molar-refractivity contribution >= 4 is 34.2 Å². The minimum atomic E-state index is 0.0439. The minimum absolute atomic E-state index is 0.0439. The number of unbranched alkanes of at least 4 members (excludes halogenated alkanes) is 1. The maximum atomic E-state index is 10.2. The standard InChI is InChI=1S/C59H55N5O6/c1-64-51-27-28-52(64)56(40-16-11-21-44(34-40)70-5)57-45-35-36(17-12-30-66)46(22-6-7-29-65)62-58(45)59(63-57)55(39-15-10-20-43(33-39)69-4)50-26-24-48(61-50)53(37-13-8-18-41(31-37)67-2)47-23-25-49(60-47)54(51)38-14-9-19-42(32-38)68-3/h8-11,13-16,18-21,23-28,31-35,61,65-66H,6-7,12,17,22,29-30H2,1-5H3. The first-order chi connectivity index (χ1) is 34.3. The normalized spacial score (nSPS) is 11.7. The predicted octanol–water partition coefficient (Wildman–Crippen LogP) is 12.2. The van der Waals surface area contributed by atoms with Crippen molar-refractivity contribution in [1.29, 1.82) is 0 Å². The Hall–Kier alpha value is -7.99. The first-order valence-electron chi connectivity index (χ1n) is 23.6. The maximum absolute atomic E-state index is 10.2. The molecule has 8 aromatic rings. The van der Waals surface area contributed by atoms with E-state index in [-0.39, 0.29) is 13.2 Å². The number of aromatic amines is 1. The summed E-state index contributed by atoms with van der Waals surface area (Å²) in [7, 11) is 8.81. The molecule has 0 saturated heterocycles. The number of aryl methyl sites for hydroxylation is 3. The molecule has 2 aliphatic heterocycles. The van der Waals surface area contributed by atoms with E-state index >= 15 is 0 Å². The molecular formula is C59H55N5O6. The largest absolute Gasteiger partial charge is 0.497 e. The van der Waals surface area contributed by atoms with Crippen LogP contribution in [0.4, 0.5) is 0 Å². The van der Waals surface area contributed by atoms with Gasteiger partial charge in [-0.2, -0.15) is 0 Å². The highest BCUT2D eigenvalue weighted by atomic mass is 16.5. The van der Waals surface area contributed by atoms with Crippen LogP contribution in [-0.4, -0.2) is 76.4 Å². The van der Waals surface area contributed by atoms with Crippen LogP contribution < -0.4 is 18.9 Å². The molecule has 2 aliphatic rings. The van der Waals surface area contributed by atoms with Crippen molar-refractivity contribution in [3.63, 3.8) is 0 Å². The molecule has 0 saturated carbocycles. The third kappa shape index (κ3) is 8.59. The molecule has 8 bridgehead atoms. The van der Waals surface area contributed by atoms with Crippen molar-refractivity contribution in [2.45, 2.75) is 32.1 Å². The molecule has 352 valence electrons. The number of methoxy groups -OCH3 is 4. The van der Waals surface area contributed by atoms with Crippen molar-refractivity contribution in [3.8, 4) is 90.2 Å². The zero-order chi connectivity index (χ0) is 48.3. The molecule has 0 fully saturated rings. The molecule has 0 unspecified atom stereocenters. The molecule has 70 heavy (non-hydrogen) atoms. The highest BCUT2D eigenvalue weighted by Gasteiger charge is 2.29. The summed E-state index contributed by atoms with van der Waals surface area (Å²) in [6, 6.07) is 43.1. The second kappa shape index (κ2) is 19.9. The van der Waals surface area contributed by atoms with Gasteiger partial charge in [0.25, 0.3) is 0 Å². The summed E-state index contributed by atoms with van der Waals surface area (Å²) < 4.78 is 25.6. The van der Waals surface area contributed by atoms with Crippen LogP contribution >= 0.6 is 0 Å². The maximum Gasteiger partial charge on any atom is 0.119 e. The Morgan fingerprint density at radius 1 is 0.471 bits per heavy atom. The number of pyridine rings is 1. The second-order valence-corrected chi connectivity index (χ2v) is 17.4. The molecule has 4 aromatic carbocycles. The first kappa shape index (κ1) is 45.8. The molecule has 0 aliphatic carbocycles. The lowest BCUT2D eigenvalue weighted by molar-refractivity contribution is 0.284. The number of ether oxygens (including phenoxy) is 4. The second-order valence-electron chi connectivity index (χ2n) is 17.4. The molecule has 6 heterocycles. The Morgan fingerprint density at radius 3 is 1.53 bits per heavy atom. The van der Waals surface area contributed by atoms with Gasteiger partial charge in [-0.25, -0.2) is 9.97 Å². The fourth-order valence-electron chi connectivity index (χ4n) is 9.80. The van der Waals surface area contributed by atoms with E-state index < -0.39 is 0 Å². The Morgan fingerprint density at radius 2 is 0.971 bits per heavy atom. The van der Waals surface area contributed by atoms with Gasteiger partial charge in [-0.1, -0.05) is 48.5 Å². The lowest BCUT2D eigenvalue weighted by atomic mass is 9.94. The zero-order valence-electron chi connectivity index (χ0n) is 40.0. The van der Waals surface area contributed by atoms with Gasteiger partial charge in [-0.15, -0.1) is 0 Å². The number of rotatable bonds is 15. The summed E-state index contributed by atoms with van der Waals surface area (Å²) in [6.07, 6.45) is 7.43. The lowest BCUT2D eigenvalue weighted by Gasteiger charge is -2.15. The molecule has 3 N–H and O–H groups in total. The number of aliphatic hydroxyl groups is 2. The highest BCUT2D eigenvalue weighted by Crippen LogP contribution is 2.48. The van der Waals surface area contributed by atoms with Gasteiger partial charge in [0.15, 0.2) is 0 Å². The van der Waals surface area contributed by atoms with E-state index in [1.165, 1.54) is 0 Å². The number of nitrogens with zero attached hydrogens (tertiary/aromatic N) is 4. The fourth-order valence-corrected chi connectivity index (χ4v) is 9.80. The molecule has 0 radical (unpaired) electrons. The van der Waals surface area contributed by atoms with E-state index in [0.717, 1.165) is 124 Å². The summed E-state index contributed by atoms with van der Waals surface area (Å²) in [4.78, 5) is 20.8. The number of hydrogen-bond donors (Lipinski definition) is 3. The number of fused-ring (bicyclic) bond motifs is 11. The van der Waals surface area contributed by atoms with Crippen molar-refractivity contribution < 1.29 is 29.2 Å². The molecule has 10 rings (SSSR count). The van der Waals surface area contributed by atoms with Gasteiger partial charge in [0.2, 0.25) is 0 Å². The van der Waals surface area contributed by atoms with E-state index in [0.29, 0.717) is 42.9 Å². The van der Waals surface area contributed by atoms with Crippen molar-refractivity contribution in [2.24, 2.45) is 7.05 Å². The van der Waals surface area contributed by atoms with Gasteiger partial charge < -0.3 is 38.7 Å². The van der Waals surface area contributed by atoms with E-state index in [2.05, 4.69) is 95.5 Å². The highest BCUT2D eigenvalue weighted by molar-refractivity contribution is 6.05. The summed E-state index contributed by atoms with van der Waals surface area (Å²) in [5.74, 6) is 2.86. The smallest absolute Gasteiger partial charge is 0.119 e. The van der Waals surface area contributed by atoms with E-state index in [1.807, 2.05) is 60.7 Å². The molecule has 0 atom stereocenters. The number of H-pyrrole nitrogens is 1. The molecule has 11 nitrogen and oxygen atoms in total. The van der Waals surface area contributed by atoms with Gasteiger partial charge in [0, 0.05) is 64.8 Å². The predicted molar refractivity (Wildman–Crippen MR) is 280 cm³/mol. The topological polar surface area (TPSA) is 137 Å². The van der Waals surface area contributed by atoms with Gasteiger partial charge in [-0.05, 0) is 151 Å². The van der Waals surface area contributed by atoms with Gasteiger partial charge in [-0.3, -0.25) is 4.98 Å². The quantitative estimate of drug-likeness (QED) is 0.0858. The van der Waals surface area contributed by atoms with Crippen LogP contribution in [0.25, 0.3) is 101 Å². The minimum Gasteiger partial charge on any atom is -0.497 e. The van der Waals surface area contributed by atoms with Crippen LogP contribution in [0.3, 0.4) is 0 Å². The van der Waals surface area contributed by atoms with Crippen LogP contribution in [0, 0.1) is 0 Å². The van der Waals surface area contributed by atoms with Gasteiger partial charge in [0.1, 0.15) is 23.0 Å². The van der Waals surface area contributed by atoms with Crippen LogP contribution in [-0.2, 0) is 19.9 Å². The fraction of sp³-hybridized carbons (Fsp3) is 0.203. The molecule has 0 spiro atoms. The van der Waals surface area contributed by atoms with Gasteiger partial charge >= 0.3 is 0 Å². The Balaban J connectivity index is 1.46.